The molecule has 1 aliphatic heterocycles. The zero-order chi connectivity index (χ0) is 17.8. The number of methoxy groups -OCH3 is 1. The van der Waals surface area contributed by atoms with Crippen LogP contribution in [0.4, 0.5) is 0 Å². The maximum atomic E-state index is 5.85. The quantitative estimate of drug-likeness (QED) is 0.697. The Kier molecular flexibility index (Phi) is 5.08. The van der Waals surface area contributed by atoms with Gasteiger partial charge in [0.25, 0.3) is 0 Å². The molecule has 0 N–H and O–H groups in total. The molecule has 136 valence electrons. The van der Waals surface area contributed by atoms with Crippen LogP contribution in [0.25, 0.3) is 5.52 Å². The lowest BCUT2D eigenvalue weighted by Crippen LogP contribution is -2.30. The van der Waals surface area contributed by atoms with Gasteiger partial charge in [-0.25, -0.2) is 9.97 Å². The van der Waals surface area contributed by atoms with Crippen molar-refractivity contribution < 1.29 is 9.47 Å². The van der Waals surface area contributed by atoms with Gasteiger partial charge >= 0.3 is 6.01 Å². The van der Waals surface area contributed by atoms with Crippen LogP contribution in [0.15, 0.2) is 43.1 Å². The molecule has 0 saturated carbocycles. The van der Waals surface area contributed by atoms with Gasteiger partial charge in [0.05, 0.1) is 31.5 Å². The second-order valence-electron chi connectivity index (χ2n) is 6.63. The molecule has 26 heavy (non-hydrogen) atoms. The molecule has 0 aliphatic carbocycles. The molecule has 1 saturated heterocycles. The first-order chi connectivity index (χ1) is 12.8. The summed E-state index contributed by atoms with van der Waals surface area (Å²) in [4.78, 5) is 15.4. The zero-order valence-corrected chi connectivity index (χ0v) is 14.9. The van der Waals surface area contributed by atoms with E-state index in [4.69, 9.17) is 9.47 Å². The van der Waals surface area contributed by atoms with Crippen LogP contribution in [0.5, 0.6) is 6.01 Å². The van der Waals surface area contributed by atoms with Crippen LogP contribution in [0.3, 0.4) is 0 Å². The third-order valence-corrected chi connectivity index (χ3v) is 4.71. The van der Waals surface area contributed by atoms with Crippen molar-refractivity contribution in [3.63, 3.8) is 0 Å². The third kappa shape index (κ3) is 3.84. The summed E-state index contributed by atoms with van der Waals surface area (Å²) in [5.41, 5.74) is 3.38. The summed E-state index contributed by atoms with van der Waals surface area (Å²) in [5.74, 6) is 0.408. The third-order valence-electron chi connectivity index (χ3n) is 4.71. The highest BCUT2D eigenvalue weighted by molar-refractivity contribution is 5.52. The maximum absolute atomic E-state index is 5.85. The van der Waals surface area contributed by atoms with E-state index in [-0.39, 0.29) is 0 Å². The van der Waals surface area contributed by atoms with Crippen molar-refractivity contribution >= 4 is 5.52 Å². The lowest BCUT2D eigenvalue weighted by Gasteiger charge is -2.23. The second-order valence-corrected chi connectivity index (χ2v) is 6.63. The van der Waals surface area contributed by atoms with Crippen molar-refractivity contribution in [3.05, 3.63) is 54.4 Å². The molecule has 7 nitrogen and oxygen atoms in total. The Morgan fingerprint density at radius 3 is 2.96 bits per heavy atom. The normalized spacial score (nSPS) is 18.7. The molecule has 3 aromatic heterocycles. The van der Waals surface area contributed by atoms with E-state index in [2.05, 4.69) is 42.6 Å². The van der Waals surface area contributed by atoms with Gasteiger partial charge < -0.3 is 13.9 Å². The van der Waals surface area contributed by atoms with Crippen LogP contribution in [0, 0.1) is 5.92 Å². The van der Waals surface area contributed by atoms with Gasteiger partial charge in [0, 0.05) is 62.1 Å². The van der Waals surface area contributed by atoms with Gasteiger partial charge in [0.1, 0.15) is 0 Å². The molecule has 1 fully saturated rings. The molecular weight excluding hydrogens is 330 g/mol. The minimum absolute atomic E-state index is 0.400. The molecule has 7 heteroatoms. The standard InChI is InChI=1S/C19H23N5O2/c1-25-19-21-10-16(11-22-19)13-23-7-8-26-14-15(12-23)9-17-18-3-2-5-24(18)6-4-20-17/h2-6,10-11,15H,7-9,12-14H2,1H3. The number of aromatic nitrogens is 4. The van der Waals surface area contributed by atoms with Crippen molar-refractivity contribution in [2.24, 2.45) is 5.92 Å². The Morgan fingerprint density at radius 2 is 2.12 bits per heavy atom. The SMILES string of the molecule is COc1ncc(CN2CCOCC(Cc3nccn4cccc34)C2)cn1. The smallest absolute Gasteiger partial charge is 0.316 e. The van der Waals surface area contributed by atoms with Crippen LogP contribution in [-0.4, -0.2) is 57.7 Å². The Balaban J connectivity index is 1.44. The van der Waals surface area contributed by atoms with E-state index < -0.39 is 0 Å². The molecule has 4 rings (SSSR count). The van der Waals surface area contributed by atoms with Gasteiger partial charge in [0.2, 0.25) is 0 Å². The summed E-state index contributed by atoms with van der Waals surface area (Å²) in [5, 5.41) is 0. The van der Waals surface area contributed by atoms with E-state index in [1.165, 1.54) is 5.52 Å². The Labute approximate surface area is 152 Å². The number of fused-ring (bicyclic) bond motifs is 1. The molecule has 0 spiro atoms. The summed E-state index contributed by atoms with van der Waals surface area (Å²) in [6.45, 7) is 4.20. The predicted molar refractivity (Wildman–Crippen MR) is 97.1 cm³/mol. The number of hydrogen-bond acceptors (Lipinski definition) is 6. The first kappa shape index (κ1) is 16.9. The fourth-order valence-electron chi connectivity index (χ4n) is 3.47. The highest BCUT2D eigenvalue weighted by Crippen LogP contribution is 2.18. The topological polar surface area (TPSA) is 64.8 Å². The van der Waals surface area contributed by atoms with Crippen LogP contribution in [0.1, 0.15) is 11.3 Å². The van der Waals surface area contributed by atoms with E-state index in [9.17, 15) is 0 Å². The fraction of sp³-hybridized carbons (Fsp3) is 0.421. The molecule has 1 aliphatic rings. The summed E-state index contributed by atoms with van der Waals surface area (Å²) >= 11 is 0. The Hall–Kier alpha value is -2.51. The van der Waals surface area contributed by atoms with Crippen molar-refractivity contribution in [1.29, 1.82) is 0 Å². The molecule has 4 heterocycles. The lowest BCUT2D eigenvalue weighted by atomic mass is 10.0. The van der Waals surface area contributed by atoms with E-state index in [1.54, 1.807) is 7.11 Å². The number of rotatable bonds is 5. The highest BCUT2D eigenvalue weighted by atomic mass is 16.5. The number of hydrogen-bond donors (Lipinski definition) is 0. The Bertz CT molecular complexity index is 849. The van der Waals surface area contributed by atoms with Crippen LogP contribution >= 0.6 is 0 Å². The maximum Gasteiger partial charge on any atom is 0.316 e. The van der Waals surface area contributed by atoms with Gasteiger partial charge in [-0.1, -0.05) is 0 Å². The monoisotopic (exact) mass is 353 g/mol. The molecule has 0 aromatic carbocycles. The van der Waals surface area contributed by atoms with Gasteiger partial charge in [0.15, 0.2) is 0 Å². The van der Waals surface area contributed by atoms with E-state index in [0.717, 1.165) is 50.5 Å². The zero-order valence-electron chi connectivity index (χ0n) is 14.9. The van der Waals surface area contributed by atoms with E-state index >= 15 is 0 Å². The van der Waals surface area contributed by atoms with E-state index in [1.807, 2.05) is 24.8 Å². The van der Waals surface area contributed by atoms with Crippen molar-refractivity contribution in [2.45, 2.75) is 13.0 Å². The largest absolute Gasteiger partial charge is 0.467 e. The van der Waals surface area contributed by atoms with Crippen molar-refractivity contribution in [1.82, 2.24) is 24.3 Å². The van der Waals surface area contributed by atoms with Gasteiger partial charge in [-0.05, 0) is 18.6 Å². The van der Waals surface area contributed by atoms with Crippen LogP contribution in [-0.2, 0) is 17.7 Å². The van der Waals surface area contributed by atoms with Gasteiger partial charge in [-0.3, -0.25) is 9.88 Å². The molecule has 0 bridgehead atoms. The number of ether oxygens (including phenoxy) is 2. The minimum atomic E-state index is 0.400. The predicted octanol–water partition coefficient (Wildman–Crippen LogP) is 1.82. The average molecular weight is 353 g/mol. The molecule has 3 aromatic rings. The summed E-state index contributed by atoms with van der Waals surface area (Å²) < 4.78 is 13.0. The van der Waals surface area contributed by atoms with Crippen molar-refractivity contribution in [3.8, 4) is 6.01 Å². The molecule has 1 unspecified atom stereocenters. The minimum Gasteiger partial charge on any atom is -0.467 e. The van der Waals surface area contributed by atoms with Crippen molar-refractivity contribution in [2.75, 3.05) is 33.4 Å². The highest BCUT2D eigenvalue weighted by Gasteiger charge is 2.21. The Morgan fingerprint density at radius 1 is 1.23 bits per heavy atom. The fourth-order valence-corrected chi connectivity index (χ4v) is 3.47. The first-order valence-electron chi connectivity index (χ1n) is 8.87. The molecule has 0 radical (unpaired) electrons. The van der Waals surface area contributed by atoms with E-state index in [0.29, 0.717) is 11.9 Å². The summed E-state index contributed by atoms with van der Waals surface area (Å²) in [6, 6.07) is 4.57. The second kappa shape index (κ2) is 7.80. The lowest BCUT2D eigenvalue weighted by molar-refractivity contribution is 0.121. The van der Waals surface area contributed by atoms with Crippen LogP contribution < -0.4 is 4.74 Å². The first-order valence-corrected chi connectivity index (χ1v) is 8.87. The molecular formula is C19H23N5O2. The molecule has 0 amide bonds. The van der Waals surface area contributed by atoms with Gasteiger partial charge in [-0.2, -0.15) is 0 Å². The van der Waals surface area contributed by atoms with Crippen LogP contribution in [0.2, 0.25) is 0 Å². The summed E-state index contributed by atoms with van der Waals surface area (Å²) in [7, 11) is 1.57. The van der Waals surface area contributed by atoms with Gasteiger partial charge in [-0.15, -0.1) is 0 Å². The summed E-state index contributed by atoms with van der Waals surface area (Å²) in [6.07, 6.45) is 10.5. The number of nitrogens with zero attached hydrogens (tertiary/aromatic N) is 5. The molecule has 1 atom stereocenters. The average Bonchev–Trinajstić information content (AvgIpc) is 3.05.